The Bertz CT molecular complexity index is 2430. The fraction of sp³-hybridized carbons (Fsp3) is 0. The molecule has 0 spiro atoms. The van der Waals surface area contributed by atoms with E-state index in [1.54, 1.807) is 0 Å². The Hall–Kier alpha value is -6.38. The Labute approximate surface area is 279 Å². The van der Waals surface area contributed by atoms with Gasteiger partial charge in [-0.3, -0.25) is 0 Å². The highest BCUT2D eigenvalue weighted by atomic mass is 16.3. The number of anilines is 3. The molecule has 0 aliphatic carbocycles. The number of benzene rings is 8. The molecule has 0 bridgehead atoms. The zero-order chi connectivity index (χ0) is 31.9. The smallest absolute Gasteiger partial charge is 0.138 e. The van der Waals surface area contributed by atoms with Crippen molar-refractivity contribution in [3.63, 3.8) is 0 Å². The summed E-state index contributed by atoms with van der Waals surface area (Å²) in [5.41, 5.74) is 12.0. The molecule has 48 heavy (non-hydrogen) atoms. The molecule has 9 aromatic rings. The van der Waals surface area contributed by atoms with Crippen molar-refractivity contribution in [2.75, 3.05) is 4.90 Å². The van der Waals surface area contributed by atoms with Crippen molar-refractivity contribution in [1.29, 1.82) is 0 Å². The molecule has 1 aromatic heterocycles. The molecule has 0 saturated heterocycles. The SMILES string of the molecule is c1ccc(-c2ccc(N(c3ccc(-c4ccccc4)cc3)c3cc(-c4ccccc4)cc4oc5ccc6ccccc6c5c34)cc2)cc1. The summed E-state index contributed by atoms with van der Waals surface area (Å²) in [6.07, 6.45) is 0. The van der Waals surface area contributed by atoms with Crippen LogP contribution in [0.4, 0.5) is 17.1 Å². The molecule has 0 N–H and O–H groups in total. The van der Waals surface area contributed by atoms with Gasteiger partial charge in [-0.05, 0) is 86.6 Å². The maximum Gasteiger partial charge on any atom is 0.138 e. The minimum Gasteiger partial charge on any atom is -0.456 e. The Kier molecular flexibility index (Phi) is 6.84. The third-order valence-corrected chi connectivity index (χ3v) is 9.26. The molecule has 0 amide bonds. The number of furan rings is 1. The topological polar surface area (TPSA) is 16.4 Å². The van der Waals surface area contributed by atoms with Gasteiger partial charge in [0.25, 0.3) is 0 Å². The molecule has 8 aromatic carbocycles. The van der Waals surface area contributed by atoms with Crippen LogP contribution >= 0.6 is 0 Å². The summed E-state index contributed by atoms with van der Waals surface area (Å²) in [7, 11) is 0. The third-order valence-electron chi connectivity index (χ3n) is 9.26. The molecular weight excluding hydrogens is 583 g/mol. The van der Waals surface area contributed by atoms with Crippen molar-refractivity contribution in [3.05, 3.63) is 188 Å². The quantitative estimate of drug-likeness (QED) is 0.185. The lowest BCUT2D eigenvalue weighted by molar-refractivity contribution is 0.669. The molecule has 0 fully saturated rings. The summed E-state index contributed by atoms with van der Waals surface area (Å²) in [5, 5.41) is 4.60. The molecule has 9 rings (SSSR count). The van der Waals surface area contributed by atoms with E-state index in [2.05, 4.69) is 193 Å². The number of hydrogen-bond donors (Lipinski definition) is 0. The maximum absolute atomic E-state index is 6.71. The fourth-order valence-corrected chi connectivity index (χ4v) is 6.91. The lowest BCUT2D eigenvalue weighted by Gasteiger charge is -2.27. The largest absolute Gasteiger partial charge is 0.456 e. The molecule has 0 unspecified atom stereocenters. The Morgan fingerprint density at radius 3 is 1.38 bits per heavy atom. The zero-order valence-corrected chi connectivity index (χ0v) is 26.3. The number of hydrogen-bond acceptors (Lipinski definition) is 2. The first kappa shape index (κ1) is 27.9. The van der Waals surface area contributed by atoms with Crippen molar-refractivity contribution >= 4 is 49.8 Å². The van der Waals surface area contributed by atoms with Gasteiger partial charge in [0.15, 0.2) is 0 Å². The van der Waals surface area contributed by atoms with Crippen LogP contribution in [0, 0.1) is 0 Å². The van der Waals surface area contributed by atoms with Gasteiger partial charge in [-0.25, -0.2) is 0 Å². The molecular formula is C46H31NO. The first-order valence-corrected chi connectivity index (χ1v) is 16.3. The summed E-state index contributed by atoms with van der Waals surface area (Å²) in [4.78, 5) is 2.38. The summed E-state index contributed by atoms with van der Waals surface area (Å²) in [6.45, 7) is 0. The van der Waals surface area contributed by atoms with Crippen molar-refractivity contribution in [3.8, 4) is 33.4 Å². The Balaban J connectivity index is 1.33. The average Bonchev–Trinajstić information content (AvgIpc) is 3.56. The first-order chi connectivity index (χ1) is 23.8. The predicted octanol–water partition coefficient (Wildman–Crippen LogP) is 13.2. The number of nitrogens with zero attached hydrogens (tertiary/aromatic N) is 1. The van der Waals surface area contributed by atoms with Gasteiger partial charge in [-0.1, -0.05) is 146 Å². The van der Waals surface area contributed by atoms with Crippen LogP contribution in [0.2, 0.25) is 0 Å². The van der Waals surface area contributed by atoms with Crippen LogP contribution in [-0.2, 0) is 0 Å². The van der Waals surface area contributed by atoms with Crippen molar-refractivity contribution in [1.82, 2.24) is 0 Å². The highest BCUT2D eigenvalue weighted by molar-refractivity contribution is 6.23. The van der Waals surface area contributed by atoms with Crippen LogP contribution < -0.4 is 4.90 Å². The zero-order valence-electron chi connectivity index (χ0n) is 26.3. The number of fused-ring (bicyclic) bond motifs is 5. The van der Waals surface area contributed by atoms with E-state index < -0.39 is 0 Å². The highest BCUT2D eigenvalue weighted by Gasteiger charge is 2.22. The summed E-state index contributed by atoms with van der Waals surface area (Å²) < 4.78 is 6.71. The van der Waals surface area contributed by atoms with Gasteiger partial charge >= 0.3 is 0 Å². The molecule has 2 nitrogen and oxygen atoms in total. The van der Waals surface area contributed by atoms with Crippen molar-refractivity contribution in [2.24, 2.45) is 0 Å². The normalized spacial score (nSPS) is 11.3. The van der Waals surface area contributed by atoms with Crippen molar-refractivity contribution in [2.45, 2.75) is 0 Å². The summed E-state index contributed by atoms with van der Waals surface area (Å²) in [5.74, 6) is 0. The average molecular weight is 614 g/mol. The molecule has 0 aliphatic rings. The summed E-state index contributed by atoms with van der Waals surface area (Å²) >= 11 is 0. The lowest BCUT2D eigenvalue weighted by atomic mass is 9.97. The van der Waals surface area contributed by atoms with E-state index in [1.165, 1.54) is 33.0 Å². The van der Waals surface area contributed by atoms with Gasteiger partial charge in [-0.2, -0.15) is 0 Å². The molecule has 0 aliphatic heterocycles. The van der Waals surface area contributed by atoms with E-state index in [0.717, 1.165) is 50.1 Å². The van der Waals surface area contributed by atoms with Gasteiger partial charge < -0.3 is 9.32 Å². The lowest BCUT2D eigenvalue weighted by Crippen LogP contribution is -2.10. The van der Waals surface area contributed by atoms with Crippen molar-refractivity contribution < 1.29 is 4.42 Å². The fourth-order valence-electron chi connectivity index (χ4n) is 6.91. The van der Waals surface area contributed by atoms with Crippen LogP contribution in [0.1, 0.15) is 0 Å². The second kappa shape index (κ2) is 11.8. The molecule has 226 valence electrons. The van der Waals surface area contributed by atoms with Gasteiger partial charge in [-0.15, -0.1) is 0 Å². The highest BCUT2D eigenvalue weighted by Crippen LogP contribution is 2.47. The van der Waals surface area contributed by atoms with Crippen LogP contribution in [0.5, 0.6) is 0 Å². The van der Waals surface area contributed by atoms with Crippen LogP contribution in [-0.4, -0.2) is 0 Å². The van der Waals surface area contributed by atoms with Gasteiger partial charge in [0.05, 0.1) is 11.1 Å². The van der Waals surface area contributed by atoms with Crippen LogP contribution in [0.3, 0.4) is 0 Å². The second-order valence-corrected chi connectivity index (χ2v) is 12.2. The van der Waals surface area contributed by atoms with E-state index in [1.807, 2.05) is 0 Å². The van der Waals surface area contributed by atoms with E-state index in [9.17, 15) is 0 Å². The molecule has 1 heterocycles. The Morgan fingerprint density at radius 1 is 0.333 bits per heavy atom. The monoisotopic (exact) mass is 613 g/mol. The maximum atomic E-state index is 6.71. The Morgan fingerprint density at radius 2 is 0.812 bits per heavy atom. The molecule has 0 radical (unpaired) electrons. The molecule has 2 heteroatoms. The number of rotatable bonds is 6. The van der Waals surface area contributed by atoms with E-state index in [0.29, 0.717) is 0 Å². The van der Waals surface area contributed by atoms with Crippen LogP contribution in [0.25, 0.3) is 66.1 Å². The van der Waals surface area contributed by atoms with E-state index >= 15 is 0 Å². The van der Waals surface area contributed by atoms with Gasteiger partial charge in [0.2, 0.25) is 0 Å². The van der Waals surface area contributed by atoms with E-state index in [-0.39, 0.29) is 0 Å². The van der Waals surface area contributed by atoms with Gasteiger partial charge in [0.1, 0.15) is 11.2 Å². The van der Waals surface area contributed by atoms with Gasteiger partial charge in [0, 0.05) is 16.8 Å². The van der Waals surface area contributed by atoms with E-state index in [4.69, 9.17) is 4.42 Å². The predicted molar refractivity (Wildman–Crippen MR) is 202 cm³/mol. The first-order valence-electron chi connectivity index (χ1n) is 16.3. The third kappa shape index (κ3) is 4.92. The standard InChI is InChI=1S/C46H31NO/c1-4-12-32(13-5-1)35-20-25-39(26-21-35)47(40-27-22-36(23-28-40)33-14-6-2-7-15-33)42-30-38(34-16-8-3-9-17-34)31-44-46(42)45-41-19-11-10-18-37(41)24-29-43(45)48-44/h1-31H. The molecule has 0 saturated carbocycles. The second-order valence-electron chi connectivity index (χ2n) is 12.2. The molecule has 0 atom stereocenters. The summed E-state index contributed by atoms with van der Waals surface area (Å²) in [6, 6.07) is 66.8. The van der Waals surface area contributed by atoms with Crippen LogP contribution in [0.15, 0.2) is 192 Å². The minimum absolute atomic E-state index is 0.865. The minimum atomic E-state index is 0.865.